The number of hydrogen-bond donors (Lipinski definition) is 2. The first-order valence-corrected chi connectivity index (χ1v) is 6.24. The van der Waals surface area contributed by atoms with E-state index in [-0.39, 0.29) is 5.91 Å². The van der Waals surface area contributed by atoms with Gasteiger partial charge in [-0.3, -0.25) is 4.79 Å². The molecular formula is C15H17N3O2. The highest BCUT2D eigenvalue weighted by Gasteiger charge is 2.12. The van der Waals surface area contributed by atoms with E-state index < -0.39 is 0 Å². The van der Waals surface area contributed by atoms with Gasteiger partial charge in [-0.2, -0.15) is 0 Å². The van der Waals surface area contributed by atoms with Crippen molar-refractivity contribution in [3.8, 4) is 5.88 Å². The van der Waals surface area contributed by atoms with Crippen molar-refractivity contribution in [2.24, 2.45) is 0 Å². The van der Waals surface area contributed by atoms with Gasteiger partial charge in [0.05, 0.1) is 12.7 Å². The predicted molar refractivity (Wildman–Crippen MR) is 77.6 cm³/mol. The number of nitrogens with one attached hydrogen (secondary N) is 1. The fourth-order valence-electron chi connectivity index (χ4n) is 1.94. The molecule has 0 radical (unpaired) electrons. The van der Waals surface area contributed by atoms with Crippen LogP contribution in [0.1, 0.15) is 21.5 Å². The summed E-state index contributed by atoms with van der Waals surface area (Å²) in [6, 6.07) is 9.01. The molecule has 5 nitrogen and oxygen atoms in total. The summed E-state index contributed by atoms with van der Waals surface area (Å²) in [5, 5.41) is 2.85. The molecule has 0 fully saturated rings. The summed E-state index contributed by atoms with van der Waals surface area (Å²) in [7, 11) is 1.55. The molecule has 0 aliphatic carbocycles. The van der Waals surface area contributed by atoms with Crippen molar-refractivity contribution < 1.29 is 9.53 Å². The standard InChI is InChI=1S/C15H17N3O2/c1-10-4-3-5-12(16)14(10)15(19)18-9-11-6-7-17-13(8-11)20-2/h3-8H,9,16H2,1-2H3,(H,18,19). The number of nitrogens with zero attached hydrogens (tertiary/aromatic N) is 1. The van der Waals surface area contributed by atoms with E-state index in [0.717, 1.165) is 11.1 Å². The van der Waals surface area contributed by atoms with E-state index in [9.17, 15) is 4.79 Å². The number of aromatic nitrogens is 1. The van der Waals surface area contributed by atoms with E-state index >= 15 is 0 Å². The molecule has 2 rings (SSSR count). The van der Waals surface area contributed by atoms with Crippen LogP contribution in [0.4, 0.5) is 5.69 Å². The van der Waals surface area contributed by atoms with Crippen molar-refractivity contribution >= 4 is 11.6 Å². The van der Waals surface area contributed by atoms with Crippen LogP contribution in [-0.4, -0.2) is 18.0 Å². The molecule has 0 spiro atoms. The lowest BCUT2D eigenvalue weighted by Crippen LogP contribution is -2.24. The lowest BCUT2D eigenvalue weighted by molar-refractivity contribution is 0.0951. The largest absolute Gasteiger partial charge is 0.481 e. The van der Waals surface area contributed by atoms with Gasteiger partial charge >= 0.3 is 0 Å². The van der Waals surface area contributed by atoms with Crippen LogP contribution in [-0.2, 0) is 6.54 Å². The van der Waals surface area contributed by atoms with Crippen LogP contribution >= 0.6 is 0 Å². The van der Waals surface area contributed by atoms with Gasteiger partial charge in [0.25, 0.3) is 5.91 Å². The number of hydrogen-bond acceptors (Lipinski definition) is 4. The first-order valence-electron chi connectivity index (χ1n) is 6.24. The van der Waals surface area contributed by atoms with Crippen molar-refractivity contribution in [2.75, 3.05) is 12.8 Å². The van der Waals surface area contributed by atoms with E-state index in [1.807, 2.05) is 25.1 Å². The highest BCUT2D eigenvalue weighted by molar-refractivity contribution is 6.00. The number of pyridine rings is 1. The maximum Gasteiger partial charge on any atom is 0.253 e. The number of amides is 1. The lowest BCUT2D eigenvalue weighted by atomic mass is 10.1. The normalized spacial score (nSPS) is 10.1. The van der Waals surface area contributed by atoms with E-state index in [2.05, 4.69) is 10.3 Å². The zero-order valence-electron chi connectivity index (χ0n) is 11.5. The highest BCUT2D eigenvalue weighted by atomic mass is 16.5. The fraction of sp³-hybridized carbons (Fsp3) is 0.200. The van der Waals surface area contributed by atoms with E-state index in [1.165, 1.54) is 0 Å². The number of nitrogen functional groups attached to an aromatic ring is 1. The monoisotopic (exact) mass is 271 g/mol. The van der Waals surface area contributed by atoms with Crippen LogP contribution in [0.5, 0.6) is 5.88 Å². The van der Waals surface area contributed by atoms with Crippen LogP contribution in [0, 0.1) is 6.92 Å². The molecule has 3 N–H and O–H groups in total. The van der Waals surface area contributed by atoms with Gasteiger partial charge in [-0.05, 0) is 30.2 Å². The Morgan fingerprint density at radius 3 is 2.90 bits per heavy atom. The number of carbonyl (C=O) groups is 1. The van der Waals surface area contributed by atoms with Crippen LogP contribution in [0.3, 0.4) is 0 Å². The Bertz CT molecular complexity index is 606. The molecular weight excluding hydrogens is 254 g/mol. The van der Waals surface area contributed by atoms with Gasteiger partial charge in [0.1, 0.15) is 0 Å². The summed E-state index contributed by atoms with van der Waals surface area (Å²) < 4.78 is 5.04. The maximum atomic E-state index is 12.2. The smallest absolute Gasteiger partial charge is 0.253 e. The van der Waals surface area contributed by atoms with Gasteiger partial charge in [-0.1, -0.05) is 12.1 Å². The Labute approximate surface area is 117 Å². The van der Waals surface area contributed by atoms with Crippen molar-refractivity contribution in [2.45, 2.75) is 13.5 Å². The molecule has 104 valence electrons. The van der Waals surface area contributed by atoms with Crippen molar-refractivity contribution in [1.82, 2.24) is 10.3 Å². The second-order valence-electron chi connectivity index (χ2n) is 4.43. The number of nitrogens with two attached hydrogens (primary N) is 1. The molecule has 1 amide bonds. The van der Waals surface area contributed by atoms with E-state index in [4.69, 9.17) is 10.5 Å². The van der Waals surface area contributed by atoms with Crippen LogP contribution < -0.4 is 15.8 Å². The van der Waals surface area contributed by atoms with Gasteiger partial charge in [0.15, 0.2) is 0 Å². The summed E-state index contributed by atoms with van der Waals surface area (Å²) in [5.74, 6) is 0.337. The Hall–Kier alpha value is -2.56. The van der Waals surface area contributed by atoms with Crippen molar-refractivity contribution in [3.05, 3.63) is 53.2 Å². The number of ether oxygens (including phenoxy) is 1. The minimum absolute atomic E-state index is 0.184. The minimum atomic E-state index is -0.184. The topological polar surface area (TPSA) is 77.2 Å². The fourth-order valence-corrected chi connectivity index (χ4v) is 1.94. The molecule has 0 saturated heterocycles. The van der Waals surface area contributed by atoms with E-state index in [1.54, 1.807) is 25.4 Å². The summed E-state index contributed by atoms with van der Waals surface area (Å²) in [5.41, 5.74) is 8.62. The van der Waals surface area contributed by atoms with E-state index in [0.29, 0.717) is 23.7 Å². The number of rotatable bonds is 4. The summed E-state index contributed by atoms with van der Waals surface area (Å²) in [6.45, 7) is 2.26. The zero-order valence-corrected chi connectivity index (χ0v) is 11.5. The molecule has 1 aromatic carbocycles. The van der Waals surface area contributed by atoms with Crippen LogP contribution in [0.15, 0.2) is 36.5 Å². The minimum Gasteiger partial charge on any atom is -0.481 e. The molecule has 2 aromatic rings. The molecule has 0 unspecified atom stereocenters. The average Bonchev–Trinajstić information content (AvgIpc) is 2.45. The Kier molecular flexibility index (Phi) is 4.20. The molecule has 0 aliphatic rings. The van der Waals surface area contributed by atoms with Gasteiger partial charge < -0.3 is 15.8 Å². The van der Waals surface area contributed by atoms with Gasteiger partial charge in [-0.25, -0.2) is 4.98 Å². The number of aryl methyl sites for hydroxylation is 1. The number of methoxy groups -OCH3 is 1. The quantitative estimate of drug-likeness (QED) is 0.833. The van der Waals surface area contributed by atoms with Gasteiger partial charge in [-0.15, -0.1) is 0 Å². The first-order chi connectivity index (χ1) is 9.61. The average molecular weight is 271 g/mol. The second-order valence-corrected chi connectivity index (χ2v) is 4.43. The molecule has 20 heavy (non-hydrogen) atoms. The van der Waals surface area contributed by atoms with Gasteiger partial charge in [0.2, 0.25) is 5.88 Å². The predicted octanol–water partition coefficient (Wildman–Crippen LogP) is 1.91. The number of anilines is 1. The molecule has 1 heterocycles. The van der Waals surface area contributed by atoms with Crippen molar-refractivity contribution in [1.29, 1.82) is 0 Å². The third-order valence-corrected chi connectivity index (χ3v) is 2.99. The first kappa shape index (κ1) is 13.9. The van der Waals surface area contributed by atoms with Crippen LogP contribution in [0.25, 0.3) is 0 Å². The molecule has 0 bridgehead atoms. The summed E-state index contributed by atoms with van der Waals surface area (Å²) in [6.07, 6.45) is 1.64. The maximum absolute atomic E-state index is 12.2. The lowest BCUT2D eigenvalue weighted by Gasteiger charge is -2.10. The Balaban J connectivity index is 2.09. The SMILES string of the molecule is COc1cc(CNC(=O)c2c(C)cccc2N)ccn1. The van der Waals surface area contributed by atoms with Crippen LogP contribution in [0.2, 0.25) is 0 Å². The zero-order chi connectivity index (χ0) is 14.5. The Morgan fingerprint density at radius 2 is 2.20 bits per heavy atom. The van der Waals surface area contributed by atoms with Crippen molar-refractivity contribution in [3.63, 3.8) is 0 Å². The third kappa shape index (κ3) is 3.06. The highest BCUT2D eigenvalue weighted by Crippen LogP contribution is 2.16. The summed E-state index contributed by atoms with van der Waals surface area (Å²) in [4.78, 5) is 16.2. The molecule has 0 atom stereocenters. The molecule has 1 aromatic heterocycles. The van der Waals surface area contributed by atoms with Gasteiger partial charge in [0, 0.05) is 24.5 Å². The molecule has 5 heteroatoms. The molecule has 0 aliphatic heterocycles. The Morgan fingerprint density at radius 1 is 1.40 bits per heavy atom. The third-order valence-electron chi connectivity index (χ3n) is 2.99. The number of carbonyl (C=O) groups excluding carboxylic acids is 1. The number of benzene rings is 1. The second kappa shape index (κ2) is 6.06. The summed E-state index contributed by atoms with van der Waals surface area (Å²) >= 11 is 0. The molecule has 0 saturated carbocycles.